The van der Waals surface area contributed by atoms with Crippen molar-refractivity contribution >= 4 is 22.6 Å². The number of carbonyl (C=O) groups is 1. The van der Waals surface area contributed by atoms with Crippen LogP contribution in [0.5, 0.6) is 5.75 Å². The van der Waals surface area contributed by atoms with Crippen LogP contribution in [0.15, 0.2) is 42.6 Å². The van der Waals surface area contributed by atoms with Crippen molar-refractivity contribution in [3.8, 4) is 17.3 Å². The predicted octanol–water partition coefficient (Wildman–Crippen LogP) is 4.43. The lowest BCUT2D eigenvalue weighted by atomic mass is 10.0. The highest BCUT2D eigenvalue weighted by Crippen LogP contribution is 2.41. The van der Waals surface area contributed by atoms with E-state index in [-0.39, 0.29) is 36.6 Å². The van der Waals surface area contributed by atoms with Gasteiger partial charge in [-0.2, -0.15) is 13.2 Å². The lowest BCUT2D eigenvalue weighted by molar-refractivity contribution is -0.184. The molecule has 5 rings (SSSR count). The van der Waals surface area contributed by atoms with Gasteiger partial charge in [-0.25, -0.2) is 14.2 Å². The Morgan fingerprint density at radius 2 is 2.00 bits per heavy atom. The van der Waals surface area contributed by atoms with Crippen molar-refractivity contribution in [3.05, 3.63) is 54.0 Å². The Balaban J connectivity index is 1.57. The van der Waals surface area contributed by atoms with E-state index in [9.17, 15) is 22.4 Å². The number of alkyl halides is 3. The topological polar surface area (TPSA) is 105 Å². The van der Waals surface area contributed by atoms with E-state index in [0.717, 1.165) is 0 Å². The van der Waals surface area contributed by atoms with Crippen LogP contribution < -0.4 is 10.1 Å². The first-order chi connectivity index (χ1) is 17.5. The maximum atomic E-state index is 14.3. The highest BCUT2D eigenvalue weighted by molar-refractivity contribution is 5.86. The average molecular weight is 518 g/mol. The number of carboxylic acid groups (broad SMARTS) is 1. The maximum absolute atomic E-state index is 14.3. The van der Waals surface area contributed by atoms with Crippen LogP contribution in [0, 0.1) is 5.82 Å². The third kappa shape index (κ3) is 4.61. The Hall–Kier alpha value is -4.00. The standard InChI is InChI=1S/C24H22F4N6O3/c1-23(30-22(35)36)7-8-33(12-23)20(24(26,27)28)14-4-6-18-31-32-21(34(18)11-14)16-5-3-13-9-15(25)10-17(37-2)19(13)29-16/h3-6,9-11,20,30H,7-8,12H2,1-2H3,(H,35,36)/t20-,23?/m0/s1. The van der Waals surface area contributed by atoms with Gasteiger partial charge in [-0.15, -0.1) is 10.2 Å². The van der Waals surface area contributed by atoms with Gasteiger partial charge in [0.05, 0.1) is 12.6 Å². The summed E-state index contributed by atoms with van der Waals surface area (Å²) in [7, 11) is 1.38. The van der Waals surface area contributed by atoms with E-state index in [1.54, 1.807) is 19.1 Å². The Kier molecular flexibility index (Phi) is 5.89. The SMILES string of the molecule is COc1cc(F)cc2ccc(-c3nnc4ccc([C@H](N5CCC(C)(NC(=O)O)C5)C(F)(F)F)cn34)nc12. The van der Waals surface area contributed by atoms with Crippen LogP contribution in [0.1, 0.15) is 24.9 Å². The molecule has 0 bridgehead atoms. The summed E-state index contributed by atoms with van der Waals surface area (Å²) < 4.78 is 63.5. The van der Waals surface area contributed by atoms with Crippen LogP contribution >= 0.6 is 0 Å². The number of amides is 1. The predicted molar refractivity (Wildman–Crippen MR) is 125 cm³/mol. The van der Waals surface area contributed by atoms with Gasteiger partial charge in [-0.1, -0.05) is 12.1 Å². The molecule has 0 saturated carbocycles. The first-order valence-electron chi connectivity index (χ1n) is 11.3. The lowest BCUT2D eigenvalue weighted by Crippen LogP contribution is -2.48. The Bertz CT molecular complexity index is 1510. The number of aromatic nitrogens is 4. The van der Waals surface area contributed by atoms with Gasteiger partial charge in [-0.3, -0.25) is 9.30 Å². The molecule has 2 N–H and O–H groups in total. The molecule has 0 radical (unpaired) electrons. The summed E-state index contributed by atoms with van der Waals surface area (Å²) in [5.41, 5.74) is -0.0726. The number of fused-ring (bicyclic) bond motifs is 2. The first-order valence-corrected chi connectivity index (χ1v) is 11.3. The number of rotatable bonds is 5. The van der Waals surface area contributed by atoms with Gasteiger partial charge in [0.2, 0.25) is 0 Å². The molecule has 1 amide bonds. The van der Waals surface area contributed by atoms with Crippen LogP contribution in [0.4, 0.5) is 22.4 Å². The number of methoxy groups -OCH3 is 1. The third-order valence-corrected chi connectivity index (χ3v) is 6.50. The van der Waals surface area contributed by atoms with Gasteiger partial charge in [0.25, 0.3) is 0 Å². The number of ether oxygens (including phenoxy) is 1. The van der Waals surface area contributed by atoms with Crippen molar-refractivity contribution in [3.63, 3.8) is 0 Å². The number of hydrogen-bond donors (Lipinski definition) is 2. The van der Waals surface area contributed by atoms with E-state index in [1.165, 1.54) is 46.9 Å². The van der Waals surface area contributed by atoms with Crippen molar-refractivity contribution in [2.75, 3.05) is 20.2 Å². The fourth-order valence-electron chi connectivity index (χ4n) is 4.88. The van der Waals surface area contributed by atoms with Gasteiger partial charge in [0.15, 0.2) is 11.5 Å². The Morgan fingerprint density at radius 3 is 2.70 bits per heavy atom. The van der Waals surface area contributed by atoms with Crippen LogP contribution in [0.25, 0.3) is 28.1 Å². The van der Waals surface area contributed by atoms with Crippen LogP contribution in [0.3, 0.4) is 0 Å². The molecule has 13 heteroatoms. The minimum atomic E-state index is -4.63. The molecule has 1 aromatic carbocycles. The Labute approximate surface area is 207 Å². The van der Waals surface area contributed by atoms with Crippen molar-refractivity contribution < 1.29 is 32.2 Å². The zero-order chi connectivity index (χ0) is 26.5. The molecule has 1 aliphatic rings. The molecule has 4 heterocycles. The van der Waals surface area contributed by atoms with Gasteiger partial charge in [0.1, 0.15) is 28.8 Å². The third-order valence-electron chi connectivity index (χ3n) is 6.50. The van der Waals surface area contributed by atoms with E-state index in [1.807, 2.05) is 0 Å². The molecule has 4 aromatic rings. The van der Waals surface area contributed by atoms with Crippen molar-refractivity contribution in [2.24, 2.45) is 0 Å². The lowest BCUT2D eigenvalue weighted by Gasteiger charge is -2.32. The molecule has 2 atom stereocenters. The molecule has 0 aliphatic carbocycles. The number of halogens is 4. The van der Waals surface area contributed by atoms with Crippen molar-refractivity contribution in [1.82, 2.24) is 29.8 Å². The number of nitrogens with zero attached hydrogens (tertiary/aromatic N) is 5. The monoisotopic (exact) mass is 518 g/mol. The molecule has 1 aliphatic heterocycles. The summed E-state index contributed by atoms with van der Waals surface area (Å²) in [5, 5.41) is 20.1. The maximum Gasteiger partial charge on any atom is 0.408 e. The second kappa shape index (κ2) is 8.83. The van der Waals surface area contributed by atoms with E-state index in [2.05, 4.69) is 20.5 Å². The average Bonchev–Trinajstić information content (AvgIpc) is 3.40. The highest BCUT2D eigenvalue weighted by atomic mass is 19.4. The molecule has 3 aromatic heterocycles. The molecule has 37 heavy (non-hydrogen) atoms. The minimum absolute atomic E-state index is 0.0522. The number of hydrogen-bond acceptors (Lipinski definition) is 6. The van der Waals surface area contributed by atoms with Gasteiger partial charge in [0, 0.05) is 30.7 Å². The highest BCUT2D eigenvalue weighted by Gasteiger charge is 2.49. The van der Waals surface area contributed by atoms with Crippen LogP contribution in [0.2, 0.25) is 0 Å². The zero-order valence-electron chi connectivity index (χ0n) is 19.8. The van der Waals surface area contributed by atoms with Gasteiger partial charge in [-0.05, 0) is 37.1 Å². The summed E-state index contributed by atoms with van der Waals surface area (Å²) >= 11 is 0. The minimum Gasteiger partial charge on any atom is -0.494 e. The summed E-state index contributed by atoms with van der Waals surface area (Å²) in [4.78, 5) is 16.9. The smallest absolute Gasteiger partial charge is 0.408 e. The second-order valence-electron chi connectivity index (χ2n) is 9.25. The largest absolute Gasteiger partial charge is 0.494 e. The molecular formula is C24H22F4N6O3. The van der Waals surface area contributed by atoms with E-state index in [4.69, 9.17) is 9.84 Å². The molecule has 1 saturated heterocycles. The number of benzene rings is 1. The number of nitrogens with one attached hydrogen (secondary N) is 1. The summed E-state index contributed by atoms with van der Waals surface area (Å²) in [5.74, 6) is -0.0911. The van der Waals surface area contributed by atoms with E-state index < -0.39 is 29.7 Å². The summed E-state index contributed by atoms with van der Waals surface area (Å²) in [6.07, 6.45) is -4.37. The van der Waals surface area contributed by atoms with Gasteiger partial charge >= 0.3 is 12.3 Å². The molecule has 194 valence electrons. The molecule has 1 unspecified atom stereocenters. The molecule has 0 spiro atoms. The Morgan fingerprint density at radius 1 is 1.22 bits per heavy atom. The quantitative estimate of drug-likeness (QED) is 0.377. The van der Waals surface area contributed by atoms with Crippen LogP contribution in [-0.2, 0) is 0 Å². The van der Waals surface area contributed by atoms with E-state index >= 15 is 0 Å². The molecular weight excluding hydrogens is 496 g/mol. The normalized spacial score (nSPS) is 19.4. The zero-order valence-corrected chi connectivity index (χ0v) is 19.8. The summed E-state index contributed by atoms with van der Waals surface area (Å²) in [6, 6.07) is 6.49. The van der Waals surface area contributed by atoms with Crippen molar-refractivity contribution in [1.29, 1.82) is 0 Å². The molecule has 1 fully saturated rings. The second-order valence-corrected chi connectivity index (χ2v) is 9.25. The fourth-order valence-corrected chi connectivity index (χ4v) is 4.88. The van der Waals surface area contributed by atoms with Crippen molar-refractivity contribution in [2.45, 2.75) is 31.1 Å². The molecule has 9 nitrogen and oxygen atoms in total. The number of likely N-dealkylation sites (tertiary alicyclic amines) is 1. The first kappa shape index (κ1) is 24.7. The summed E-state index contributed by atoms with van der Waals surface area (Å²) in [6.45, 7) is 1.52. The van der Waals surface area contributed by atoms with Crippen LogP contribution in [-0.4, -0.2) is 67.6 Å². The van der Waals surface area contributed by atoms with Gasteiger partial charge < -0.3 is 15.2 Å². The van der Waals surface area contributed by atoms with E-state index in [0.29, 0.717) is 22.2 Å². The number of pyridine rings is 2. The fraction of sp³-hybridized carbons (Fsp3) is 0.333.